The number of hydrogen-bond donors (Lipinski definition) is 1. The number of aryl methyl sites for hydroxylation is 2. The van der Waals surface area contributed by atoms with Crippen LogP contribution in [0, 0.1) is 11.3 Å². The Morgan fingerprint density at radius 1 is 1.33 bits per heavy atom. The first-order chi connectivity index (χ1) is 8.85. The number of aromatic nitrogens is 1. The topological polar surface area (TPSA) is 48.7 Å². The van der Waals surface area contributed by atoms with Gasteiger partial charge in [0.1, 0.15) is 11.9 Å². The number of nitriles is 1. The van der Waals surface area contributed by atoms with Crippen LogP contribution in [-0.2, 0) is 12.8 Å². The summed E-state index contributed by atoms with van der Waals surface area (Å²) in [7, 11) is 0. The maximum atomic E-state index is 9.16. The maximum absolute atomic E-state index is 9.16. The van der Waals surface area contributed by atoms with Crippen molar-refractivity contribution < 1.29 is 0 Å². The van der Waals surface area contributed by atoms with E-state index >= 15 is 0 Å². The highest BCUT2D eigenvalue weighted by molar-refractivity contribution is 5.54. The third-order valence-electron chi connectivity index (χ3n) is 3.49. The molecule has 0 atom stereocenters. The van der Waals surface area contributed by atoms with Crippen LogP contribution in [0.25, 0.3) is 0 Å². The average molecular weight is 243 g/mol. The Kier molecular flexibility index (Phi) is 4.58. The molecule has 0 amide bonds. The van der Waals surface area contributed by atoms with Crippen molar-refractivity contribution in [3.63, 3.8) is 0 Å². The Morgan fingerprint density at radius 3 is 3.00 bits per heavy atom. The first-order valence-electron chi connectivity index (χ1n) is 7.02. The summed E-state index contributed by atoms with van der Waals surface area (Å²) in [6.07, 6.45) is 8.24. The van der Waals surface area contributed by atoms with Gasteiger partial charge in [0.15, 0.2) is 0 Å². The second kappa shape index (κ2) is 6.39. The zero-order valence-electron chi connectivity index (χ0n) is 11.1. The monoisotopic (exact) mass is 243 g/mol. The van der Waals surface area contributed by atoms with Gasteiger partial charge in [-0.3, -0.25) is 0 Å². The third-order valence-corrected chi connectivity index (χ3v) is 3.49. The highest BCUT2D eigenvalue weighted by Crippen LogP contribution is 2.24. The summed E-state index contributed by atoms with van der Waals surface area (Å²) >= 11 is 0. The minimum absolute atomic E-state index is 0.700. The standard InChI is InChI=1S/C15H21N3/c1-2-3-4-5-9-17-15-13(11-16)10-12-7-6-8-14(12)18-15/h10H,2-9H2,1H3,(H,17,18). The average Bonchev–Trinajstić information content (AvgIpc) is 2.84. The Labute approximate surface area is 109 Å². The largest absolute Gasteiger partial charge is 0.369 e. The van der Waals surface area contributed by atoms with Gasteiger partial charge in [-0.1, -0.05) is 26.2 Å². The number of nitrogens with one attached hydrogen (secondary N) is 1. The van der Waals surface area contributed by atoms with Gasteiger partial charge in [0.2, 0.25) is 0 Å². The van der Waals surface area contributed by atoms with Crippen LogP contribution in [-0.4, -0.2) is 11.5 Å². The van der Waals surface area contributed by atoms with Crippen molar-refractivity contribution in [2.24, 2.45) is 0 Å². The van der Waals surface area contributed by atoms with E-state index in [0.717, 1.165) is 31.6 Å². The molecule has 1 aromatic heterocycles. The first kappa shape index (κ1) is 12.9. The van der Waals surface area contributed by atoms with Crippen molar-refractivity contribution in [2.75, 3.05) is 11.9 Å². The molecule has 1 N–H and O–H groups in total. The summed E-state index contributed by atoms with van der Waals surface area (Å²) in [6, 6.07) is 4.27. The molecule has 3 nitrogen and oxygen atoms in total. The molecule has 1 heterocycles. The molecule has 0 fully saturated rings. The molecule has 0 saturated carbocycles. The number of pyridine rings is 1. The number of hydrogen-bond acceptors (Lipinski definition) is 3. The molecule has 0 aromatic carbocycles. The van der Waals surface area contributed by atoms with Crippen molar-refractivity contribution >= 4 is 5.82 Å². The molecule has 0 radical (unpaired) electrons. The predicted octanol–water partition coefficient (Wildman–Crippen LogP) is 3.43. The van der Waals surface area contributed by atoms with Crippen LogP contribution in [0.4, 0.5) is 5.82 Å². The van der Waals surface area contributed by atoms with Crippen LogP contribution >= 0.6 is 0 Å². The van der Waals surface area contributed by atoms with Crippen molar-refractivity contribution in [1.29, 1.82) is 5.26 Å². The van der Waals surface area contributed by atoms with Crippen molar-refractivity contribution in [3.05, 3.63) is 22.9 Å². The predicted molar refractivity (Wildman–Crippen MR) is 73.6 cm³/mol. The van der Waals surface area contributed by atoms with Gasteiger partial charge < -0.3 is 5.32 Å². The van der Waals surface area contributed by atoms with Crippen LogP contribution in [0.5, 0.6) is 0 Å². The normalized spacial score (nSPS) is 13.1. The molecule has 2 rings (SSSR count). The van der Waals surface area contributed by atoms with Gasteiger partial charge in [-0.2, -0.15) is 5.26 Å². The molecule has 0 spiro atoms. The number of rotatable bonds is 6. The number of anilines is 1. The lowest BCUT2D eigenvalue weighted by Gasteiger charge is -2.09. The van der Waals surface area contributed by atoms with E-state index in [-0.39, 0.29) is 0 Å². The van der Waals surface area contributed by atoms with Gasteiger partial charge in [0.05, 0.1) is 5.56 Å². The summed E-state index contributed by atoms with van der Waals surface area (Å²) in [6.45, 7) is 3.13. The fourth-order valence-electron chi connectivity index (χ4n) is 2.45. The smallest absolute Gasteiger partial charge is 0.144 e. The summed E-state index contributed by atoms with van der Waals surface area (Å²) in [5.41, 5.74) is 3.15. The van der Waals surface area contributed by atoms with Crippen LogP contribution < -0.4 is 5.32 Å². The lowest BCUT2D eigenvalue weighted by Crippen LogP contribution is -2.07. The van der Waals surface area contributed by atoms with Gasteiger partial charge in [-0.25, -0.2) is 4.98 Å². The van der Waals surface area contributed by atoms with E-state index < -0.39 is 0 Å². The summed E-state index contributed by atoms with van der Waals surface area (Å²) in [5.74, 6) is 0.787. The maximum Gasteiger partial charge on any atom is 0.144 e. The molecular formula is C15H21N3. The summed E-state index contributed by atoms with van der Waals surface area (Å²) in [5, 5.41) is 12.5. The minimum Gasteiger partial charge on any atom is -0.369 e. The van der Waals surface area contributed by atoms with E-state index in [9.17, 15) is 0 Å². The van der Waals surface area contributed by atoms with Crippen LogP contribution in [0.1, 0.15) is 55.8 Å². The summed E-state index contributed by atoms with van der Waals surface area (Å²) < 4.78 is 0. The van der Waals surface area contributed by atoms with E-state index in [1.54, 1.807) is 0 Å². The van der Waals surface area contributed by atoms with Gasteiger partial charge in [-0.05, 0) is 37.3 Å². The molecule has 1 aromatic rings. The molecule has 0 aliphatic heterocycles. The van der Waals surface area contributed by atoms with Gasteiger partial charge in [0, 0.05) is 12.2 Å². The van der Waals surface area contributed by atoms with Crippen LogP contribution in [0.3, 0.4) is 0 Å². The molecule has 96 valence electrons. The lowest BCUT2D eigenvalue weighted by atomic mass is 10.1. The Balaban J connectivity index is 1.97. The van der Waals surface area contributed by atoms with Gasteiger partial charge >= 0.3 is 0 Å². The van der Waals surface area contributed by atoms with Gasteiger partial charge in [-0.15, -0.1) is 0 Å². The number of unbranched alkanes of at least 4 members (excludes halogenated alkanes) is 3. The quantitative estimate of drug-likeness (QED) is 0.779. The minimum atomic E-state index is 0.700. The Morgan fingerprint density at radius 2 is 2.22 bits per heavy atom. The van der Waals surface area contributed by atoms with E-state index in [2.05, 4.69) is 23.3 Å². The Bertz CT molecular complexity index is 446. The molecule has 1 aliphatic rings. The highest BCUT2D eigenvalue weighted by Gasteiger charge is 2.15. The zero-order chi connectivity index (χ0) is 12.8. The molecule has 18 heavy (non-hydrogen) atoms. The molecule has 0 saturated heterocycles. The van der Waals surface area contributed by atoms with E-state index in [1.165, 1.54) is 36.9 Å². The fraction of sp³-hybridized carbons (Fsp3) is 0.600. The SMILES string of the molecule is CCCCCCNc1nc2c(cc1C#N)CCC2. The Hall–Kier alpha value is -1.56. The molecule has 1 aliphatic carbocycles. The van der Waals surface area contributed by atoms with Crippen molar-refractivity contribution in [2.45, 2.75) is 51.9 Å². The first-order valence-corrected chi connectivity index (χ1v) is 7.02. The summed E-state index contributed by atoms with van der Waals surface area (Å²) in [4.78, 5) is 4.61. The van der Waals surface area contributed by atoms with E-state index in [1.807, 2.05) is 6.07 Å². The number of nitrogens with zero attached hydrogens (tertiary/aromatic N) is 2. The molecular weight excluding hydrogens is 222 g/mol. The zero-order valence-corrected chi connectivity index (χ0v) is 11.1. The molecule has 3 heteroatoms. The number of fused-ring (bicyclic) bond motifs is 1. The fourth-order valence-corrected chi connectivity index (χ4v) is 2.45. The van der Waals surface area contributed by atoms with E-state index in [4.69, 9.17) is 5.26 Å². The lowest BCUT2D eigenvalue weighted by molar-refractivity contribution is 0.684. The van der Waals surface area contributed by atoms with Crippen LogP contribution in [0.15, 0.2) is 6.07 Å². The van der Waals surface area contributed by atoms with Crippen LogP contribution in [0.2, 0.25) is 0 Å². The van der Waals surface area contributed by atoms with Crippen molar-refractivity contribution in [1.82, 2.24) is 4.98 Å². The second-order valence-electron chi connectivity index (χ2n) is 4.94. The van der Waals surface area contributed by atoms with E-state index in [0.29, 0.717) is 5.56 Å². The molecule has 0 bridgehead atoms. The van der Waals surface area contributed by atoms with Gasteiger partial charge in [0.25, 0.3) is 0 Å². The second-order valence-corrected chi connectivity index (χ2v) is 4.94. The van der Waals surface area contributed by atoms with Crippen molar-refractivity contribution in [3.8, 4) is 6.07 Å². The third kappa shape index (κ3) is 3.01. The molecule has 0 unspecified atom stereocenters. The highest BCUT2D eigenvalue weighted by atomic mass is 15.0.